The molecule has 0 bridgehead atoms. The summed E-state index contributed by atoms with van der Waals surface area (Å²) in [6.45, 7) is 3.21. The summed E-state index contributed by atoms with van der Waals surface area (Å²) in [4.78, 5) is 24.0. The standard InChI is InChI=1S/C19H18ClN5O2S/c1-11(26)13-6-5-7-14(10-13)22-18(27)12(2)28-19-24-23-17(25(19)21)15-8-3-4-9-16(15)20/h3-10,12H,21H2,1-2H3,(H,22,27)/t12-/m0/s1. The van der Waals surface area contributed by atoms with Crippen LogP contribution in [0.5, 0.6) is 0 Å². The molecule has 0 saturated heterocycles. The van der Waals surface area contributed by atoms with Crippen LogP contribution in [0, 0.1) is 0 Å². The molecule has 7 nitrogen and oxygen atoms in total. The van der Waals surface area contributed by atoms with Gasteiger partial charge in [-0.3, -0.25) is 9.59 Å². The Morgan fingerprint density at radius 1 is 1.18 bits per heavy atom. The minimum atomic E-state index is -0.494. The number of hydrogen-bond acceptors (Lipinski definition) is 6. The molecule has 0 aliphatic carbocycles. The monoisotopic (exact) mass is 415 g/mol. The molecule has 1 heterocycles. The predicted octanol–water partition coefficient (Wildman–Crippen LogP) is 3.63. The third-order valence-corrected chi connectivity index (χ3v) is 5.35. The Morgan fingerprint density at radius 2 is 1.93 bits per heavy atom. The second kappa shape index (κ2) is 8.45. The Labute approximate surface area is 171 Å². The number of rotatable bonds is 6. The highest BCUT2D eigenvalue weighted by molar-refractivity contribution is 8.00. The Kier molecular flexibility index (Phi) is 6.01. The van der Waals surface area contributed by atoms with E-state index in [1.165, 1.54) is 23.4 Å². The molecule has 3 N–H and O–H groups in total. The minimum absolute atomic E-state index is 0.0677. The molecule has 1 atom stereocenters. The fraction of sp³-hybridized carbons (Fsp3) is 0.158. The molecular formula is C19H18ClN5O2S. The number of nitrogens with two attached hydrogens (primary N) is 1. The van der Waals surface area contributed by atoms with Crippen LogP contribution in [0.1, 0.15) is 24.2 Å². The maximum Gasteiger partial charge on any atom is 0.237 e. The first kappa shape index (κ1) is 19.9. The highest BCUT2D eigenvalue weighted by atomic mass is 35.5. The summed E-state index contributed by atoms with van der Waals surface area (Å²) in [5.41, 5.74) is 1.74. The first-order valence-corrected chi connectivity index (χ1v) is 9.66. The van der Waals surface area contributed by atoms with E-state index in [9.17, 15) is 9.59 Å². The lowest BCUT2D eigenvalue weighted by molar-refractivity contribution is -0.115. The summed E-state index contributed by atoms with van der Waals surface area (Å²) in [5.74, 6) is 6.20. The topological polar surface area (TPSA) is 103 Å². The summed E-state index contributed by atoms with van der Waals surface area (Å²) in [7, 11) is 0. The maximum absolute atomic E-state index is 12.5. The number of ketones is 1. The fourth-order valence-corrected chi connectivity index (χ4v) is 3.45. The molecule has 3 rings (SSSR count). The quantitative estimate of drug-likeness (QED) is 0.362. The van der Waals surface area contributed by atoms with E-state index in [2.05, 4.69) is 15.5 Å². The van der Waals surface area contributed by atoms with Crippen LogP contribution in [0.2, 0.25) is 5.02 Å². The highest BCUT2D eigenvalue weighted by Crippen LogP contribution is 2.29. The summed E-state index contributed by atoms with van der Waals surface area (Å²) in [6, 6.07) is 14.0. The third-order valence-electron chi connectivity index (χ3n) is 3.97. The Bertz CT molecular complexity index is 1040. The number of aromatic nitrogens is 3. The lowest BCUT2D eigenvalue weighted by atomic mass is 10.1. The summed E-state index contributed by atoms with van der Waals surface area (Å²) < 4.78 is 1.31. The van der Waals surface area contributed by atoms with Crippen LogP contribution in [0.15, 0.2) is 53.7 Å². The van der Waals surface area contributed by atoms with E-state index >= 15 is 0 Å². The number of nitrogens with one attached hydrogen (secondary N) is 1. The van der Waals surface area contributed by atoms with Crippen molar-refractivity contribution in [3.8, 4) is 11.4 Å². The third kappa shape index (κ3) is 4.35. The van der Waals surface area contributed by atoms with Gasteiger partial charge in [0.25, 0.3) is 0 Å². The number of anilines is 1. The Morgan fingerprint density at radius 3 is 2.64 bits per heavy atom. The van der Waals surface area contributed by atoms with E-state index in [0.717, 1.165) is 0 Å². The van der Waals surface area contributed by atoms with Gasteiger partial charge in [0.15, 0.2) is 11.6 Å². The number of amides is 1. The summed E-state index contributed by atoms with van der Waals surface area (Å²) >= 11 is 7.36. The van der Waals surface area contributed by atoms with Crippen LogP contribution in [0.3, 0.4) is 0 Å². The second-order valence-electron chi connectivity index (χ2n) is 6.04. The number of nitrogen functional groups attached to an aromatic ring is 1. The first-order chi connectivity index (χ1) is 13.4. The van der Waals surface area contributed by atoms with Crippen molar-refractivity contribution in [1.82, 2.24) is 14.9 Å². The van der Waals surface area contributed by atoms with Gasteiger partial charge in [0.1, 0.15) is 0 Å². The van der Waals surface area contributed by atoms with Gasteiger partial charge in [0, 0.05) is 16.8 Å². The molecule has 28 heavy (non-hydrogen) atoms. The van der Waals surface area contributed by atoms with E-state index in [0.29, 0.717) is 32.8 Å². The number of carbonyl (C=O) groups is 2. The number of benzene rings is 2. The molecule has 1 aromatic heterocycles. The Balaban J connectivity index is 1.72. The molecule has 2 aromatic carbocycles. The molecule has 0 aliphatic heterocycles. The van der Waals surface area contributed by atoms with Crippen LogP contribution in [-0.2, 0) is 4.79 Å². The van der Waals surface area contributed by atoms with Crippen molar-refractivity contribution >= 4 is 40.7 Å². The van der Waals surface area contributed by atoms with Crippen molar-refractivity contribution in [2.45, 2.75) is 24.3 Å². The maximum atomic E-state index is 12.5. The number of halogens is 1. The van der Waals surface area contributed by atoms with E-state index in [-0.39, 0.29) is 11.7 Å². The zero-order valence-electron chi connectivity index (χ0n) is 15.2. The van der Waals surface area contributed by atoms with Crippen LogP contribution < -0.4 is 11.2 Å². The fourth-order valence-electron chi connectivity index (χ4n) is 2.46. The number of carbonyl (C=O) groups excluding carboxylic acids is 2. The van der Waals surface area contributed by atoms with Gasteiger partial charge >= 0.3 is 0 Å². The van der Waals surface area contributed by atoms with Crippen molar-refractivity contribution in [2.75, 3.05) is 11.2 Å². The van der Waals surface area contributed by atoms with Crippen LogP contribution in [-0.4, -0.2) is 31.8 Å². The highest BCUT2D eigenvalue weighted by Gasteiger charge is 2.21. The SMILES string of the molecule is CC(=O)c1cccc(NC(=O)[C@H](C)Sc2nnc(-c3ccccc3Cl)n2N)c1. The molecule has 144 valence electrons. The summed E-state index contributed by atoms with van der Waals surface area (Å²) in [5, 5.41) is 11.3. The van der Waals surface area contributed by atoms with Crippen molar-refractivity contribution in [1.29, 1.82) is 0 Å². The van der Waals surface area contributed by atoms with E-state index in [1.807, 2.05) is 12.1 Å². The largest absolute Gasteiger partial charge is 0.335 e. The minimum Gasteiger partial charge on any atom is -0.335 e. The van der Waals surface area contributed by atoms with Gasteiger partial charge in [-0.05, 0) is 38.1 Å². The van der Waals surface area contributed by atoms with Gasteiger partial charge in [0.05, 0.1) is 10.3 Å². The van der Waals surface area contributed by atoms with E-state index in [4.69, 9.17) is 17.4 Å². The van der Waals surface area contributed by atoms with Crippen molar-refractivity contribution in [3.63, 3.8) is 0 Å². The van der Waals surface area contributed by atoms with Crippen LogP contribution in [0.4, 0.5) is 5.69 Å². The molecule has 0 spiro atoms. The number of hydrogen-bond donors (Lipinski definition) is 2. The van der Waals surface area contributed by atoms with Gasteiger partial charge in [-0.2, -0.15) is 0 Å². The van der Waals surface area contributed by atoms with E-state index in [1.54, 1.807) is 43.3 Å². The second-order valence-corrected chi connectivity index (χ2v) is 7.76. The average molecular weight is 416 g/mol. The average Bonchev–Trinajstić information content (AvgIpc) is 3.02. The molecule has 3 aromatic rings. The number of thioether (sulfide) groups is 1. The van der Waals surface area contributed by atoms with Gasteiger partial charge < -0.3 is 11.2 Å². The lowest BCUT2D eigenvalue weighted by Gasteiger charge is -2.12. The zero-order chi connectivity index (χ0) is 20.3. The summed E-state index contributed by atoms with van der Waals surface area (Å²) in [6.07, 6.45) is 0. The zero-order valence-corrected chi connectivity index (χ0v) is 16.8. The Hall–Kier alpha value is -2.84. The normalized spacial score (nSPS) is 11.8. The molecule has 0 radical (unpaired) electrons. The predicted molar refractivity (Wildman–Crippen MR) is 111 cm³/mol. The molecule has 1 amide bonds. The molecular weight excluding hydrogens is 398 g/mol. The molecule has 0 unspecified atom stereocenters. The van der Waals surface area contributed by atoms with Gasteiger partial charge in [-0.25, -0.2) is 4.68 Å². The van der Waals surface area contributed by atoms with E-state index < -0.39 is 5.25 Å². The van der Waals surface area contributed by atoms with Gasteiger partial charge in [0.2, 0.25) is 11.1 Å². The van der Waals surface area contributed by atoms with Crippen molar-refractivity contribution in [2.24, 2.45) is 0 Å². The number of Topliss-reactive ketones (excluding diaryl/α,β-unsaturated/α-hetero) is 1. The molecule has 9 heteroatoms. The smallest absolute Gasteiger partial charge is 0.237 e. The van der Waals surface area contributed by atoms with Crippen LogP contribution >= 0.6 is 23.4 Å². The van der Waals surface area contributed by atoms with Gasteiger partial charge in [-0.15, -0.1) is 10.2 Å². The lowest BCUT2D eigenvalue weighted by Crippen LogP contribution is -2.23. The van der Waals surface area contributed by atoms with Gasteiger partial charge in [-0.1, -0.05) is 47.6 Å². The molecule has 0 saturated carbocycles. The molecule has 0 aliphatic rings. The first-order valence-electron chi connectivity index (χ1n) is 8.40. The van der Waals surface area contributed by atoms with Crippen molar-refractivity contribution in [3.05, 3.63) is 59.1 Å². The molecule has 0 fully saturated rings. The number of nitrogens with zero attached hydrogens (tertiary/aromatic N) is 3. The van der Waals surface area contributed by atoms with Crippen molar-refractivity contribution < 1.29 is 9.59 Å². The van der Waals surface area contributed by atoms with Crippen LogP contribution in [0.25, 0.3) is 11.4 Å².